The van der Waals surface area contributed by atoms with Crippen molar-refractivity contribution in [2.45, 2.75) is 18.8 Å². The molecule has 0 aliphatic heterocycles. The molecule has 0 aromatic rings. The molecule has 1 rings (SSSR count). The molecule has 1 nitrogen and oxygen atoms in total. The highest BCUT2D eigenvalue weighted by Crippen LogP contribution is 2.43. The first-order chi connectivity index (χ1) is 4.17. The molecule has 1 atom stereocenters. The van der Waals surface area contributed by atoms with Crippen molar-refractivity contribution < 1.29 is 13.5 Å². The second kappa shape index (κ2) is 2.21. The van der Waals surface area contributed by atoms with Gasteiger partial charge in [0.1, 0.15) is 0 Å². The Labute approximate surface area is 53.0 Å². The van der Waals surface area contributed by atoms with Crippen LogP contribution in [0.4, 0.5) is 8.78 Å². The summed E-state index contributed by atoms with van der Waals surface area (Å²) in [6.45, 7) is 0.201. The molecule has 1 aliphatic rings. The van der Waals surface area contributed by atoms with Crippen LogP contribution in [0.5, 0.6) is 0 Å². The standard InChI is InChI=1S/C6H10F2O/c1-9-4-5-2-3-6(5,7)8/h5H,2-4H2,1H3. The molecule has 54 valence electrons. The third kappa shape index (κ3) is 1.21. The smallest absolute Gasteiger partial charge is 0.253 e. The predicted octanol–water partition coefficient (Wildman–Crippen LogP) is 1.68. The normalized spacial score (nSPS) is 31.7. The Hall–Kier alpha value is -0.180. The Morgan fingerprint density at radius 1 is 1.67 bits per heavy atom. The average Bonchev–Trinajstić information content (AvgIpc) is 1.81. The number of halogens is 2. The molecule has 1 unspecified atom stereocenters. The molecule has 0 N–H and O–H groups in total. The van der Waals surface area contributed by atoms with E-state index in [1.165, 1.54) is 7.11 Å². The molecule has 0 aromatic carbocycles. The zero-order valence-electron chi connectivity index (χ0n) is 5.36. The summed E-state index contributed by atoms with van der Waals surface area (Å²) in [5.41, 5.74) is 0. The maximum Gasteiger partial charge on any atom is 0.253 e. The SMILES string of the molecule is COCC1CCC1(F)F. The molecule has 9 heavy (non-hydrogen) atoms. The molecule has 1 saturated carbocycles. The van der Waals surface area contributed by atoms with E-state index in [9.17, 15) is 8.78 Å². The Morgan fingerprint density at radius 3 is 2.44 bits per heavy atom. The first-order valence-electron chi connectivity index (χ1n) is 3.03. The van der Waals surface area contributed by atoms with Crippen LogP contribution in [0.1, 0.15) is 12.8 Å². The van der Waals surface area contributed by atoms with E-state index in [0.29, 0.717) is 6.42 Å². The van der Waals surface area contributed by atoms with Crippen LogP contribution >= 0.6 is 0 Å². The minimum atomic E-state index is -2.43. The van der Waals surface area contributed by atoms with Gasteiger partial charge >= 0.3 is 0 Å². The van der Waals surface area contributed by atoms with Crippen LogP contribution < -0.4 is 0 Å². The summed E-state index contributed by atoms with van der Waals surface area (Å²) in [5, 5.41) is 0. The van der Waals surface area contributed by atoms with Gasteiger partial charge in [-0.25, -0.2) is 8.78 Å². The molecule has 0 heterocycles. The van der Waals surface area contributed by atoms with E-state index in [-0.39, 0.29) is 13.0 Å². The Morgan fingerprint density at radius 2 is 2.33 bits per heavy atom. The van der Waals surface area contributed by atoms with Crippen LogP contribution in [0.2, 0.25) is 0 Å². The number of hydrogen-bond acceptors (Lipinski definition) is 1. The predicted molar refractivity (Wildman–Crippen MR) is 29.5 cm³/mol. The number of methoxy groups -OCH3 is 1. The number of hydrogen-bond donors (Lipinski definition) is 0. The quantitative estimate of drug-likeness (QED) is 0.561. The summed E-state index contributed by atoms with van der Waals surface area (Å²) in [6.07, 6.45) is 0.655. The molecular formula is C6H10F2O. The fraction of sp³-hybridized carbons (Fsp3) is 1.00. The van der Waals surface area contributed by atoms with Gasteiger partial charge in [0.25, 0.3) is 5.92 Å². The summed E-state index contributed by atoms with van der Waals surface area (Å²) in [5.74, 6) is -2.95. The van der Waals surface area contributed by atoms with Crippen LogP contribution in [0, 0.1) is 5.92 Å². The molecule has 1 fully saturated rings. The molecule has 0 bridgehead atoms. The van der Waals surface area contributed by atoms with E-state index in [0.717, 1.165) is 0 Å². The Balaban J connectivity index is 2.28. The molecule has 0 aromatic heterocycles. The summed E-state index contributed by atoms with van der Waals surface area (Å²) in [4.78, 5) is 0. The minimum Gasteiger partial charge on any atom is -0.384 e. The fourth-order valence-electron chi connectivity index (χ4n) is 0.973. The largest absolute Gasteiger partial charge is 0.384 e. The minimum absolute atomic E-state index is 0.0427. The molecule has 0 spiro atoms. The number of ether oxygens (including phenoxy) is 1. The maximum atomic E-state index is 12.3. The lowest BCUT2D eigenvalue weighted by Crippen LogP contribution is -2.41. The van der Waals surface area contributed by atoms with Gasteiger partial charge in [-0.05, 0) is 6.42 Å². The van der Waals surface area contributed by atoms with Crippen LogP contribution in [0.25, 0.3) is 0 Å². The van der Waals surface area contributed by atoms with Crippen molar-refractivity contribution in [3.8, 4) is 0 Å². The highest BCUT2D eigenvalue weighted by molar-refractivity contribution is 4.87. The highest BCUT2D eigenvalue weighted by atomic mass is 19.3. The van der Waals surface area contributed by atoms with Crippen molar-refractivity contribution >= 4 is 0 Å². The van der Waals surface area contributed by atoms with Crippen molar-refractivity contribution in [2.24, 2.45) is 5.92 Å². The van der Waals surface area contributed by atoms with Gasteiger partial charge in [0.05, 0.1) is 6.61 Å². The van der Waals surface area contributed by atoms with Gasteiger partial charge in [0.15, 0.2) is 0 Å². The Bertz CT molecular complexity index is 103. The van der Waals surface area contributed by atoms with Crippen molar-refractivity contribution in [2.75, 3.05) is 13.7 Å². The van der Waals surface area contributed by atoms with E-state index in [1.54, 1.807) is 0 Å². The molecule has 1 aliphatic carbocycles. The average molecular weight is 136 g/mol. The van der Waals surface area contributed by atoms with E-state index >= 15 is 0 Å². The van der Waals surface area contributed by atoms with Gasteiger partial charge in [-0.2, -0.15) is 0 Å². The summed E-state index contributed by atoms with van der Waals surface area (Å²) >= 11 is 0. The van der Waals surface area contributed by atoms with Gasteiger partial charge in [0, 0.05) is 19.4 Å². The number of alkyl halides is 2. The van der Waals surface area contributed by atoms with Gasteiger partial charge in [-0.3, -0.25) is 0 Å². The van der Waals surface area contributed by atoms with Gasteiger partial charge in [-0.15, -0.1) is 0 Å². The second-order valence-electron chi connectivity index (χ2n) is 2.45. The van der Waals surface area contributed by atoms with Crippen LogP contribution in [-0.4, -0.2) is 19.6 Å². The number of rotatable bonds is 2. The highest BCUT2D eigenvalue weighted by Gasteiger charge is 2.47. The lowest BCUT2D eigenvalue weighted by atomic mass is 9.81. The molecule has 0 amide bonds. The van der Waals surface area contributed by atoms with Crippen molar-refractivity contribution in [1.82, 2.24) is 0 Å². The third-order valence-electron chi connectivity index (χ3n) is 1.79. The van der Waals surface area contributed by atoms with E-state index in [2.05, 4.69) is 4.74 Å². The van der Waals surface area contributed by atoms with E-state index in [1.807, 2.05) is 0 Å². The van der Waals surface area contributed by atoms with Gasteiger partial charge in [0.2, 0.25) is 0 Å². The maximum absolute atomic E-state index is 12.3. The third-order valence-corrected chi connectivity index (χ3v) is 1.79. The van der Waals surface area contributed by atoms with Crippen molar-refractivity contribution in [3.63, 3.8) is 0 Å². The lowest BCUT2D eigenvalue weighted by Gasteiger charge is -2.35. The first-order valence-corrected chi connectivity index (χ1v) is 3.03. The van der Waals surface area contributed by atoms with E-state index < -0.39 is 11.8 Å². The van der Waals surface area contributed by atoms with E-state index in [4.69, 9.17) is 0 Å². The van der Waals surface area contributed by atoms with Crippen molar-refractivity contribution in [1.29, 1.82) is 0 Å². The van der Waals surface area contributed by atoms with Crippen LogP contribution in [0.3, 0.4) is 0 Å². The molecule has 0 saturated heterocycles. The monoisotopic (exact) mass is 136 g/mol. The lowest BCUT2D eigenvalue weighted by molar-refractivity contribution is -0.150. The first kappa shape index (κ1) is 6.93. The van der Waals surface area contributed by atoms with Crippen LogP contribution in [0.15, 0.2) is 0 Å². The molecular weight excluding hydrogens is 126 g/mol. The molecule has 0 radical (unpaired) electrons. The van der Waals surface area contributed by atoms with Gasteiger partial charge < -0.3 is 4.74 Å². The summed E-state index contributed by atoms with van der Waals surface area (Å²) in [6, 6.07) is 0. The summed E-state index contributed by atoms with van der Waals surface area (Å²) in [7, 11) is 1.45. The van der Waals surface area contributed by atoms with Crippen LogP contribution in [-0.2, 0) is 4.74 Å². The van der Waals surface area contributed by atoms with Gasteiger partial charge in [-0.1, -0.05) is 0 Å². The zero-order chi connectivity index (χ0) is 6.91. The molecule has 3 heteroatoms. The summed E-state index contributed by atoms with van der Waals surface area (Å²) < 4.78 is 29.2. The zero-order valence-corrected chi connectivity index (χ0v) is 5.36. The Kier molecular flexibility index (Phi) is 1.70. The second-order valence-corrected chi connectivity index (χ2v) is 2.45. The topological polar surface area (TPSA) is 9.23 Å². The fourth-order valence-corrected chi connectivity index (χ4v) is 0.973. The van der Waals surface area contributed by atoms with Crippen molar-refractivity contribution in [3.05, 3.63) is 0 Å².